The Hall–Kier alpha value is -2.76. The van der Waals surface area contributed by atoms with Crippen LogP contribution in [0.25, 0.3) is 0 Å². The van der Waals surface area contributed by atoms with E-state index in [2.05, 4.69) is 5.10 Å². The zero-order valence-electron chi connectivity index (χ0n) is 11.5. The first-order chi connectivity index (χ1) is 10.2. The number of amidine groups is 1. The van der Waals surface area contributed by atoms with Gasteiger partial charge in [0.05, 0.1) is 6.54 Å². The topological polar surface area (TPSA) is 71.2 Å². The Morgan fingerprint density at radius 2 is 2.24 bits per heavy atom. The molecule has 0 fully saturated rings. The van der Waals surface area contributed by atoms with Gasteiger partial charge in [0.1, 0.15) is 18.9 Å². The number of hydrogen-bond acceptors (Lipinski definition) is 5. The molecule has 6 heteroatoms. The maximum absolute atomic E-state index is 12.0. The van der Waals surface area contributed by atoms with Gasteiger partial charge in [0, 0.05) is 18.0 Å². The van der Waals surface area contributed by atoms with Gasteiger partial charge < -0.3 is 15.4 Å². The number of nitrogens with zero attached hydrogens (tertiary/aromatic N) is 3. The largest absolute Gasteiger partial charge is 0.492 e. The number of nitrogens with two attached hydrogens (primary N) is 1. The number of allylic oxidation sites excluding steroid dienone is 2. The highest BCUT2D eigenvalue weighted by molar-refractivity contribution is 6.00. The third-order valence-corrected chi connectivity index (χ3v) is 3.16. The van der Waals surface area contributed by atoms with Crippen molar-refractivity contribution in [3.8, 4) is 5.75 Å². The second-order valence-electron chi connectivity index (χ2n) is 4.72. The second-order valence-corrected chi connectivity index (χ2v) is 4.72. The van der Waals surface area contributed by atoms with Crippen LogP contribution in [0.1, 0.15) is 0 Å². The molecule has 0 spiro atoms. The molecule has 1 aromatic rings. The number of nitrogen functional groups attached to an aromatic ring is 1. The fourth-order valence-electron chi connectivity index (χ4n) is 2.13. The van der Waals surface area contributed by atoms with Gasteiger partial charge in [-0.25, -0.2) is 5.01 Å². The number of rotatable bonds is 4. The van der Waals surface area contributed by atoms with Crippen LogP contribution in [0.3, 0.4) is 0 Å². The minimum absolute atomic E-state index is 0.0464. The molecule has 0 saturated heterocycles. The first kappa shape index (κ1) is 13.2. The van der Waals surface area contributed by atoms with E-state index in [0.29, 0.717) is 31.1 Å². The van der Waals surface area contributed by atoms with Crippen molar-refractivity contribution in [1.29, 1.82) is 0 Å². The summed E-state index contributed by atoms with van der Waals surface area (Å²) in [5.41, 5.74) is 6.33. The van der Waals surface area contributed by atoms with E-state index < -0.39 is 0 Å². The molecular formula is C15H16N4O2. The number of amides is 1. The van der Waals surface area contributed by atoms with Gasteiger partial charge in [0.2, 0.25) is 0 Å². The minimum atomic E-state index is -0.0464. The first-order valence-electron chi connectivity index (χ1n) is 6.71. The van der Waals surface area contributed by atoms with Gasteiger partial charge in [-0.15, -0.1) is 0 Å². The molecular weight excluding hydrogens is 268 g/mol. The summed E-state index contributed by atoms with van der Waals surface area (Å²) in [6.07, 6.45) is 7.49. The highest BCUT2D eigenvalue weighted by atomic mass is 16.5. The van der Waals surface area contributed by atoms with Crippen LogP contribution in [0.15, 0.2) is 53.8 Å². The van der Waals surface area contributed by atoms with E-state index in [1.807, 2.05) is 41.5 Å². The summed E-state index contributed by atoms with van der Waals surface area (Å²) >= 11 is 0. The van der Waals surface area contributed by atoms with Crippen molar-refractivity contribution in [2.75, 3.05) is 25.4 Å². The zero-order chi connectivity index (χ0) is 14.7. The minimum Gasteiger partial charge on any atom is -0.492 e. The normalized spacial score (nSPS) is 16.8. The number of fused-ring (bicyclic) bond motifs is 1. The molecule has 1 amide bonds. The van der Waals surface area contributed by atoms with Crippen LogP contribution < -0.4 is 10.5 Å². The number of benzene rings is 1. The Morgan fingerprint density at radius 1 is 1.33 bits per heavy atom. The number of anilines is 1. The van der Waals surface area contributed by atoms with E-state index in [1.165, 1.54) is 5.01 Å². The van der Waals surface area contributed by atoms with Crippen LogP contribution in [0.2, 0.25) is 0 Å². The van der Waals surface area contributed by atoms with Crippen molar-refractivity contribution < 1.29 is 9.53 Å². The smallest absolute Gasteiger partial charge is 0.262 e. The van der Waals surface area contributed by atoms with Crippen LogP contribution >= 0.6 is 0 Å². The quantitative estimate of drug-likeness (QED) is 0.843. The Balaban J connectivity index is 1.59. The Morgan fingerprint density at radius 3 is 3.10 bits per heavy atom. The highest BCUT2D eigenvalue weighted by Gasteiger charge is 2.24. The third kappa shape index (κ3) is 3.05. The van der Waals surface area contributed by atoms with E-state index in [1.54, 1.807) is 12.1 Å². The van der Waals surface area contributed by atoms with Crippen LogP contribution in [-0.2, 0) is 4.79 Å². The maximum Gasteiger partial charge on any atom is 0.262 e. The van der Waals surface area contributed by atoms with E-state index in [4.69, 9.17) is 10.5 Å². The lowest BCUT2D eigenvalue weighted by molar-refractivity contribution is -0.132. The molecule has 108 valence electrons. The second kappa shape index (κ2) is 5.70. The van der Waals surface area contributed by atoms with Gasteiger partial charge in [-0.2, -0.15) is 5.10 Å². The van der Waals surface area contributed by atoms with Crippen LogP contribution in [0.4, 0.5) is 5.69 Å². The molecule has 2 aliphatic heterocycles. The molecule has 6 nitrogen and oxygen atoms in total. The fourth-order valence-corrected chi connectivity index (χ4v) is 2.13. The van der Waals surface area contributed by atoms with Crippen molar-refractivity contribution in [2.24, 2.45) is 5.10 Å². The Bertz CT molecular complexity index is 636. The summed E-state index contributed by atoms with van der Waals surface area (Å²) in [5, 5.41) is 5.76. The Labute approximate surface area is 122 Å². The predicted molar refractivity (Wildman–Crippen MR) is 80.5 cm³/mol. The molecule has 0 radical (unpaired) electrons. The van der Waals surface area contributed by atoms with Gasteiger partial charge in [-0.05, 0) is 24.3 Å². The Kier molecular flexibility index (Phi) is 3.59. The fraction of sp³-hybridized carbons (Fsp3) is 0.200. The van der Waals surface area contributed by atoms with Crippen LogP contribution in [-0.4, -0.2) is 41.3 Å². The predicted octanol–water partition coefficient (Wildman–Crippen LogP) is 1.19. The van der Waals surface area contributed by atoms with E-state index in [-0.39, 0.29) is 5.91 Å². The van der Waals surface area contributed by atoms with E-state index in [0.717, 1.165) is 5.84 Å². The van der Waals surface area contributed by atoms with Gasteiger partial charge in [0.25, 0.3) is 5.91 Å². The van der Waals surface area contributed by atoms with E-state index >= 15 is 0 Å². The van der Waals surface area contributed by atoms with Crippen molar-refractivity contribution in [3.63, 3.8) is 0 Å². The van der Waals surface area contributed by atoms with Crippen LogP contribution in [0, 0.1) is 0 Å². The molecule has 0 bridgehead atoms. The lowest BCUT2D eigenvalue weighted by Crippen LogP contribution is -2.46. The number of hydrazone groups is 1. The van der Waals surface area contributed by atoms with Crippen molar-refractivity contribution >= 4 is 17.4 Å². The molecule has 0 unspecified atom stereocenters. The van der Waals surface area contributed by atoms with Crippen molar-refractivity contribution in [2.45, 2.75) is 0 Å². The average molecular weight is 284 g/mol. The monoisotopic (exact) mass is 284 g/mol. The van der Waals surface area contributed by atoms with Gasteiger partial charge in [0.15, 0.2) is 5.84 Å². The number of hydrogen-bond donors (Lipinski definition) is 1. The summed E-state index contributed by atoms with van der Waals surface area (Å²) in [7, 11) is 0. The highest BCUT2D eigenvalue weighted by Crippen LogP contribution is 2.15. The van der Waals surface area contributed by atoms with Crippen molar-refractivity contribution in [1.82, 2.24) is 9.91 Å². The van der Waals surface area contributed by atoms with Gasteiger partial charge in [-0.3, -0.25) is 4.79 Å². The summed E-state index contributed by atoms with van der Waals surface area (Å²) in [6.45, 7) is 1.08. The number of carbonyl (C=O) groups excluding carboxylic acids is 1. The van der Waals surface area contributed by atoms with Gasteiger partial charge in [-0.1, -0.05) is 12.1 Å². The summed E-state index contributed by atoms with van der Waals surface area (Å²) < 4.78 is 5.59. The average Bonchev–Trinajstić information content (AvgIpc) is 2.48. The molecule has 1 aromatic carbocycles. The standard InChI is InChI=1S/C15H16N4O2/c16-12-4-3-5-13(10-12)21-9-8-19-15(20)11-18-7-2-1-6-14(18)17-19/h1-7,10H,8-9,11,16H2. The lowest BCUT2D eigenvalue weighted by Gasteiger charge is -2.30. The van der Waals surface area contributed by atoms with E-state index in [9.17, 15) is 4.79 Å². The molecule has 2 aliphatic rings. The molecule has 2 N–H and O–H groups in total. The number of ether oxygens (including phenoxy) is 1. The summed E-state index contributed by atoms with van der Waals surface area (Å²) in [6, 6.07) is 7.20. The molecule has 2 heterocycles. The molecule has 3 rings (SSSR count). The molecule has 0 saturated carbocycles. The molecule has 0 atom stereocenters. The molecule has 0 aromatic heterocycles. The number of carbonyl (C=O) groups is 1. The summed E-state index contributed by atoms with van der Waals surface area (Å²) in [5.74, 6) is 1.41. The maximum atomic E-state index is 12.0. The summed E-state index contributed by atoms with van der Waals surface area (Å²) in [4.78, 5) is 13.8. The lowest BCUT2D eigenvalue weighted by atomic mass is 10.3. The molecule has 21 heavy (non-hydrogen) atoms. The molecule has 0 aliphatic carbocycles. The SMILES string of the molecule is Nc1cccc(OCCN2N=C3C=CC=CN3CC2=O)c1. The van der Waals surface area contributed by atoms with Crippen molar-refractivity contribution in [3.05, 3.63) is 48.7 Å². The van der Waals surface area contributed by atoms with Gasteiger partial charge >= 0.3 is 0 Å². The first-order valence-corrected chi connectivity index (χ1v) is 6.71. The zero-order valence-corrected chi connectivity index (χ0v) is 11.5. The van der Waals surface area contributed by atoms with Crippen LogP contribution in [0.5, 0.6) is 5.75 Å². The third-order valence-electron chi connectivity index (χ3n) is 3.16.